The van der Waals surface area contributed by atoms with E-state index in [2.05, 4.69) is 5.32 Å². The maximum Gasteiger partial charge on any atom is 0.416 e. The van der Waals surface area contributed by atoms with Gasteiger partial charge in [0, 0.05) is 20.2 Å². The van der Waals surface area contributed by atoms with Crippen molar-refractivity contribution in [1.82, 2.24) is 10.2 Å². The van der Waals surface area contributed by atoms with Crippen molar-refractivity contribution in [2.45, 2.75) is 82.7 Å². The van der Waals surface area contributed by atoms with Crippen LogP contribution in [0.25, 0.3) is 0 Å². The molecule has 1 aliphatic heterocycles. The smallest absolute Gasteiger partial charge is 0.387 e. The Bertz CT molecular complexity index is 926. The first-order valence-electron chi connectivity index (χ1n) is 12.4. The van der Waals surface area contributed by atoms with Crippen molar-refractivity contribution in [1.29, 1.82) is 0 Å². The van der Waals surface area contributed by atoms with Gasteiger partial charge in [-0.1, -0.05) is 44.6 Å². The summed E-state index contributed by atoms with van der Waals surface area (Å²) in [6.45, 7) is 4.12. The first-order valence-corrected chi connectivity index (χ1v) is 12.4. The van der Waals surface area contributed by atoms with Crippen LogP contribution >= 0.6 is 0 Å². The number of ether oxygens (including phenoxy) is 1. The lowest BCUT2D eigenvalue weighted by Crippen LogP contribution is -2.55. The van der Waals surface area contributed by atoms with Crippen LogP contribution in [0, 0.1) is 5.92 Å². The van der Waals surface area contributed by atoms with Gasteiger partial charge in [-0.05, 0) is 42.9 Å². The molecule has 1 aliphatic rings. The third-order valence-electron chi connectivity index (χ3n) is 6.53. The molecule has 0 saturated carbocycles. The van der Waals surface area contributed by atoms with Crippen LogP contribution in [0.4, 0.5) is 13.2 Å². The largest absolute Gasteiger partial charge is 0.416 e. The van der Waals surface area contributed by atoms with E-state index in [4.69, 9.17) is 4.74 Å². The summed E-state index contributed by atoms with van der Waals surface area (Å²) in [5, 5.41) is 33.6. The summed E-state index contributed by atoms with van der Waals surface area (Å²) >= 11 is 0. The molecule has 1 aromatic carbocycles. The molecule has 8 nitrogen and oxygen atoms in total. The fourth-order valence-corrected chi connectivity index (χ4v) is 4.05. The number of alkyl halides is 3. The van der Waals surface area contributed by atoms with Gasteiger partial charge in [-0.25, -0.2) is 0 Å². The van der Waals surface area contributed by atoms with E-state index in [1.54, 1.807) is 6.08 Å². The SMILES string of the molecule is CCC(C)/C=C/[C@@H](O)[C@H](O)[C@@H](O)[C@@H](OC)C(=O)N[C@H]1CCCCN(Cc2cccc(C(F)(F)F)c2)C1=O. The Labute approximate surface area is 215 Å². The second-order valence-electron chi connectivity index (χ2n) is 9.41. The molecule has 1 heterocycles. The highest BCUT2D eigenvalue weighted by Gasteiger charge is 2.38. The van der Waals surface area contributed by atoms with Crippen LogP contribution < -0.4 is 5.32 Å². The van der Waals surface area contributed by atoms with Crippen LogP contribution in [0.1, 0.15) is 50.7 Å². The van der Waals surface area contributed by atoms with E-state index in [0.29, 0.717) is 31.4 Å². The number of carbonyl (C=O) groups excluding carboxylic acids is 2. The molecule has 208 valence electrons. The predicted octanol–water partition coefficient (Wildman–Crippen LogP) is 2.40. The van der Waals surface area contributed by atoms with Gasteiger partial charge in [0.25, 0.3) is 5.91 Å². The van der Waals surface area contributed by atoms with Gasteiger partial charge in [-0.3, -0.25) is 9.59 Å². The van der Waals surface area contributed by atoms with Crippen molar-refractivity contribution in [3.8, 4) is 0 Å². The van der Waals surface area contributed by atoms with Crippen molar-refractivity contribution in [2.24, 2.45) is 5.92 Å². The summed E-state index contributed by atoms with van der Waals surface area (Å²) in [6.07, 6.45) is -5.73. The Kier molecular flexibility index (Phi) is 11.5. The average molecular weight is 531 g/mol. The van der Waals surface area contributed by atoms with Gasteiger partial charge in [0.1, 0.15) is 24.4 Å². The highest BCUT2D eigenvalue weighted by Crippen LogP contribution is 2.30. The monoisotopic (exact) mass is 530 g/mol. The van der Waals surface area contributed by atoms with E-state index in [0.717, 1.165) is 25.7 Å². The molecule has 37 heavy (non-hydrogen) atoms. The van der Waals surface area contributed by atoms with Crippen LogP contribution in [-0.2, 0) is 27.0 Å². The lowest BCUT2D eigenvalue weighted by atomic mass is 9.99. The third-order valence-corrected chi connectivity index (χ3v) is 6.53. The van der Waals surface area contributed by atoms with Crippen LogP contribution in [-0.4, -0.2) is 76.1 Å². The number of carbonyl (C=O) groups is 2. The number of hydrogen-bond acceptors (Lipinski definition) is 6. The minimum absolute atomic E-state index is 0.0567. The first kappa shape index (κ1) is 30.8. The standard InChI is InChI=1S/C26H37F3N2O6/c1-4-16(2)11-12-20(32)21(33)22(34)23(37-3)24(35)30-19-10-5-6-13-31(25(19)36)15-17-8-7-9-18(14-17)26(27,28)29/h7-9,11-12,14,16,19-23,32-34H,4-6,10,13,15H2,1-3H3,(H,30,35)/b12-11+/t16?,19-,20+,21-,22+,23+/m0/s1. The maximum absolute atomic E-state index is 13.2. The van der Waals surface area contributed by atoms with Gasteiger partial charge in [0.15, 0.2) is 6.10 Å². The van der Waals surface area contributed by atoms with Crippen molar-refractivity contribution >= 4 is 11.8 Å². The highest BCUT2D eigenvalue weighted by molar-refractivity contribution is 5.89. The summed E-state index contributed by atoms with van der Waals surface area (Å²) in [5.41, 5.74) is -0.503. The molecule has 1 saturated heterocycles. The molecular weight excluding hydrogens is 493 g/mol. The van der Waals surface area contributed by atoms with Gasteiger partial charge < -0.3 is 30.3 Å². The normalized spacial score (nSPS) is 21.3. The summed E-state index contributed by atoms with van der Waals surface area (Å²) in [4.78, 5) is 27.4. The second-order valence-corrected chi connectivity index (χ2v) is 9.41. The maximum atomic E-state index is 13.2. The molecule has 0 aliphatic carbocycles. The summed E-state index contributed by atoms with van der Waals surface area (Å²) in [6, 6.07) is 3.74. The van der Waals surface area contributed by atoms with Gasteiger partial charge in [0.2, 0.25) is 5.91 Å². The molecular formula is C26H37F3N2O6. The average Bonchev–Trinajstić information content (AvgIpc) is 3.02. The topological polar surface area (TPSA) is 119 Å². The minimum atomic E-state index is -4.51. The Hall–Kier alpha value is -2.47. The fraction of sp³-hybridized carbons (Fsp3) is 0.615. The number of amides is 2. The number of benzene rings is 1. The number of allylic oxidation sites excluding steroid dienone is 1. The number of rotatable bonds is 11. The van der Waals surface area contributed by atoms with Crippen molar-refractivity contribution < 1.29 is 42.8 Å². The Balaban J connectivity index is 2.09. The first-order chi connectivity index (χ1) is 17.4. The number of nitrogens with one attached hydrogen (secondary N) is 1. The Morgan fingerprint density at radius 3 is 2.54 bits per heavy atom. The molecule has 0 aromatic heterocycles. The number of hydrogen-bond donors (Lipinski definition) is 4. The Morgan fingerprint density at radius 2 is 1.92 bits per heavy atom. The van der Waals surface area contributed by atoms with Crippen LogP contribution in [0.15, 0.2) is 36.4 Å². The van der Waals surface area contributed by atoms with Crippen LogP contribution in [0.5, 0.6) is 0 Å². The molecule has 6 atom stereocenters. The lowest BCUT2D eigenvalue weighted by Gasteiger charge is -2.29. The number of likely N-dealkylation sites (tertiary alicyclic amines) is 1. The molecule has 1 unspecified atom stereocenters. The number of nitrogens with zero attached hydrogens (tertiary/aromatic N) is 1. The molecule has 11 heteroatoms. The van der Waals surface area contributed by atoms with Gasteiger partial charge in [-0.2, -0.15) is 13.2 Å². The molecule has 1 aromatic rings. The van der Waals surface area contributed by atoms with Crippen LogP contribution in [0.2, 0.25) is 0 Å². The zero-order chi connectivity index (χ0) is 27.8. The van der Waals surface area contributed by atoms with Crippen molar-refractivity contribution in [3.63, 3.8) is 0 Å². The zero-order valence-electron chi connectivity index (χ0n) is 21.3. The van der Waals surface area contributed by atoms with E-state index >= 15 is 0 Å². The second kappa shape index (κ2) is 13.9. The molecule has 1 fully saturated rings. The molecule has 0 spiro atoms. The molecule has 0 radical (unpaired) electrons. The van der Waals surface area contributed by atoms with Gasteiger partial charge in [0.05, 0.1) is 5.56 Å². The van der Waals surface area contributed by atoms with E-state index in [9.17, 15) is 38.1 Å². The molecule has 0 bridgehead atoms. The quantitative estimate of drug-likeness (QED) is 0.326. The van der Waals surface area contributed by atoms with E-state index < -0.39 is 54.0 Å². The predicted molar refractivity (Wildman–Crippen MR) is 130 cm³/mol. The lowest BCUT2D eigenvalue weighted by molar-refractivity contribution is -0.151. The summed E-state index contributed by atoms with van der Waals surface area (Å²) < 4.78 is 44.3. The van der Waals surface area contributed by atoms with Crippen molar-refractivity contribution in [3.05, 3.63) is 47.5 Å². The highest BCUT2D eigenvalue weighted by atomic mass is 19.4. The summed E-state index contributed by atoms with van der Waals surface area (Å²) in [5.74, 6) is -1.18. The number of aliphatic hydroxyl groups excluding tert-OH is 3. The number of methoxy groups -OCH3 is 1. The van der Waals surface area contributed by atoms with Crippen LogP contribution in [0.3, 0.4) is 0 Å². The van der Waals surface area contributed by atoms with Crippen molar-refractivity contribution in [2.75, 3.05) is 13.7 Å². The third kappa shape index (κ3) is 8.80. The molecule has 4 N–H and O–H groups in total. The Morgan fingerprint density at radius 1 is 1.22 bits per heavy atom. The minimum Gasteiger partial charge on any atom is -0.387 e. The molecule has 2 amide bonds. The van der Waals surface area contributed by atoms with E-state index in [1.807, 2.05) is 13.8 Å². The fourth-order valence-electron chi connectivity index (χ4n) is 4.05. The van der Waals surface area contributed by atoms with E-state index in [-0.39, 0.29) is 12.5 Å². The van der Waals surface area contributed by atoms with E-state index in [1.165, 1.54) is 23.1 Å². The number of halogens is 3. The molecule has 2 rings (SSSR count). The zero-order valence-corrected chi connectivity index (χ0v) is 21.3. The van der Waals surface area contributed by atoms with Gasteiger partial charge >= 0.3 is 6.18 Å². The number of aliphatic hydroxyl groups is 3. The summed E-state index contributed by atoms with van der Waals surface area (Å²) in [7, 11) is 1.15. The van der Waals surface area contributed by atoms with Gasteiger partial charge in [-0.15, -0.1) is 0 Å².